The van der Waals surface area contributed by atoms with Crippen LogP contribution in [0.4, 0.5) is 11.5 Å². The Labute approximate surface area is 165 Å². The third kappa shape index (κ3) is 2.90. The van der Waals surface area contributed by atoms with Gasteiger partial charge in [0.25, 0.3) is 5.91 Å². The van der Waals surface area contributed by atoms with Crippen LogP contribution in [0.2, 0.25) is 15.1 Å². The van der Waals surface area contributed by atoms with Crippen LogP contribution < -0.4 is 10.2 Å². The van der Waals surface area contributed by atoms with E-state index in [4.69, 9.17) is 34.8 Å². The van der Waals surface area contributed by atoms with Gasteiger partial charge in [-0.3, -0.25) is 9.69 Å². The Kier molecular flexibility index (Phi) is 4.49. The van der Waals surface area contributed by atoms with Crippen LogP contribution in [0, 0.1) is 0 Å². The van der Waals surface area contributed by atoms with Gasteiger partial charge >= 0.3 is 0 Å². The van der Waals surface area contributed by atoms with Crippen molar-refractivity contribution < 1.29 is 4.79 Å². The largest absolute Gasteiger partial charge is 0.359 e. The summed E-state index contributed by atoms with van der Waals surface area (Å²) in [5, 5.41) is 4.73. The molecule has 0 radical (unpaired) electrons. The van der Waals surface area contributed by atoms with Crippen LogP contribution >= 0.6 is 34.8 Å². The van der Waals surface area contributed by atoms with Crippen molar-refractivity contribution in [2.75, 3.05) is 10.2 Å². The lowest BCUT2D eigenvalue weighted by Crippen LogP contribution is -2.33. The highest BCUT2D eigenvalue weighted by Crippen LogP contribution is 2.40. The Hall–Kier alpha value is -2.27. The molecule has 4 rings (SSSR count). The first-order valence-corrected chi connectivity index (χ1v) is 8.94. The lowest BCUT2D eigenvalue weighted by Gasteiger charge is -2.27. The lowest BCUT2D eigenvalue weighted by molar-refractivity contribution is 0.0992. The van der Waals surface area contributed by atoms with Gasteiger partial charge in [-0.25, -0.2) is 4.98 Å². The average Bonchev–Trinajstić information content (AvgIpc) is 2.92. The first-order chi connectivity index (χ1) is 12.6. The third-order valence-corrected chi connectivity index (χ3v) is 5.02. The number of para-hydroxylation sites is 1. The fourth-order valence-electron chi connectivity index (χ4n) is 2.98. The molecular formula is C19H12Cl3N3O. The van der Waals surface area contributed by atoms with E-state index in [0.717, 1.165) is 5.56 Å². The average molecular weight is 405 g/mol. The Morgan fingerprint density at radius 1 is 0.923 bits per heavy atom. The standard InChI is InChI=1S/C19H12Cl3N3O/c20-11-8-9-16(23-10-11)25-18(12-4-1-2-5-13(12)19(25)26)24-17-14(21)6-3-7-15(17)22/h1-10,18,24H/t18-/m0/s1. The van der Waals surface area contributed by atoms with E-state index in [1.807, 2.05) is 18.2 Å². The van der Waals surface area contributed by atoms with Crippen molar-refractivity contribution in [2.45, 2.75) is 6.17 Å². The topological polar surface area (TPSA) is 45.2 Å². The number of aromatic nitrogens is 1. The number of hydrogen-bond acceptors (Lipinski definition) is 3. The summed E-state index contributed by atoms with van der Waals surface area (Å²) in [6, 6.07) is 16.0. The van der Waals surface area contributed by atoms with Crippen molar-refractivity contribution >= 4 is 52.2 Å². The molecule has 0 saturated heterocycles. The quantitative estimate of drug-likeness (QED) is 0.599. The lowest BCUT2D eigenvalue weighted by atomic mass is 10.1. The molecule has 2 aromatic carbocycles. The van der Waals surface area contributed by atoms with E-state index < -0.39 is 6.17 Å². The van der Waals surface area contributed by atoms with Crippen LogP contribution in [0.1, 0.15) is 22.1 Å². The SMILES string of the molecule is O=C1c2ccccc2[C@@H](Nc2c(Cl)cccc2Cl)N1c1ccc(Cl)cn1. The predicted octanol–water partition coefficient (Wildman–Crippen LogP) is 5.81. The van der Waals surface area contributed by atoms with E-state index in [2.05, 4.69) is 10.3 Å². The monoisotopic (exact) mass is 403 g/mol. The fraction of sp³-hybridized carbons (Fsp3) is 0.0526. The number of halogens is 3. The summed E-state index contributed by atoms with van der Waals surface area (Å²) in [5.41, 5.74) is 1.99. The molecule has 2 heterocycles. The molecule has 0 spiro atoms. The van der Waals surface area contributed by atoms with Crippen LogP contribution in [0.3, 0.4) is 0 Å². The zero-order valence-electron chi connectivity index (χ0n) is 13.3. The highest BCUT2D eigenvalue weighted by molar-refractivity contribution is 6.39. The van der Waals surface area contributed by atoms with Gasteiger partial charge < -0.3 is 5.32 Å². The van der Waals surface area contributed by atoms with Crippen molar-refractivity contribution in [3.63, 3.8) is 0 Å². The molecule has 3 aromatic rings. The molecule has 4 nitrogen and oxygen atoms in total. The Balaban J connectivity index is 1.82. The Morgan fingerprint density at radius 2 is 1.65 bits per heavy atom. The van der Waals surface area contributed by atoms with Crippen LogP contribution in [0.15, 0.2) is 60.8 Å². The summed E-state index contributed by atoms with van der Waals surface area (Å²) >= 11 is 18.5. The summed E-state index contributed by atoms with van der Waals surface area (Å²) in [6.45, 7) is 0. The molecule has 7 heteroatoms. The summed E-state index contributed by atoms with van der Waals surface area (Å²) in [5.74, 6) is 0.326. The Bertz CT molecular complexity index is 971. The summed E-state index contributed by atoms with van der Waals surface area (Å²) in [6.07, 6.45) is 1.01. The van der Waals surface area contributed by atoms with Crippen molar-refractivity contribution in [2.24, 2.45) is 0 Å². The van der Waals surface area contributed by atoms with Gasteiger partial charge in [-0.1, -0.05) is 59.1 Å². The summed E-state index contributed by atoms with van der Waals surface area (Å²) < 4.78 is 0. The fourth-order valence-corrected chi connectivity index (χ4v) is 3.60. The molecule has 0 bridgehead atoms. The molecule has 130 valence electrons. The summed E-state index contributed by atoms with van der Waals surface area (Å²) in [4.78, 5) is 18.9. The molecule has 1 amide bonds. The van der Waals surface area contributed by atoms with E-state index in [0.29, 0.717) is 32.1 Å². The third-order valence-electron chi connectivity index (χ3n) is 4.17. The van der Waals surface area contributed by atoms with Crippen LogP contribution in [-0.2, 0) is 0 Å². The smallest absolute Gasteiger partial charge is 0.261 e. The van der Waals surface area contributed by atoms with E-state index in [1.54, 1.807) is 41.3 Å². The molecule has 1 aliphatic heterocycles. The number of amides is 1. The number of nitrogens with one attached hydrogen (secondary N) is 1. The maximum absolute atomic E-state index is 13.0. The number of carbonyl (C=O) groups excluding carboxylic acids is 1. The summed E-state index contributed by atoms with van der Waals surface area (Å²) in [7, 11) is 0. The number of rotatable bonds is 3. The van der Waals surface area contributed by atoms with Gasteiger partial charge in [0.15, 0.2) is 0 Å². The number of nitrogens with zero attached hydrogens (tertiary/aromatic N) is 2. The van der Waals surface area contributed by atoms with Crippen molar-refractivity contribution in [1.82, 2.24) is 4.98 Å². The van der Waals surface area contributed by atoms with Crippen LogP contribution in [-0.4, -0.2) is 10.9 Å². The predicted molar refractivity (Wildman–Crippen MR) is 105 cm³/mol. The maximum Gasteiger partial charge on any atom is 0.261 e. The van der Waals surface area contributed by atoms with Gasteiger partial charge in [0.2, 0.25) is 0 Å². The molecular weight excluding hydrogens is 393 g/mol. The number of pyridine rings is 1. The number of anilines is 2. The first-order valence-electron chi connectivity index (χ1n) is 7.81. The van der Waals surface area contributed by atoms with Gasteiger partial charge in [-0.2, -0.15) is 0 Å². The molecule has 26 heavy (non-hydrogen) atoms. The number of hydrogen-bond donors (Lipinski definition) is 1. The zero-order valence-corrected chi connectivity index (χ0v) is 15.6. The number of benzene rings is 2. The minimum atomic E-state index is -0.496. The van der Waals surface area contributed by atoms with Crippen LogP contribution in [0.25, 0.3) is 0 Å². The molecule has 1 aromatic heterocycles. The number of fused-ring (bicyclic) bond motifs is 1. The molecule has 0 aliphatic carbocycles. The van der Waals surface area contributed by atoms with E-state index in [-0.39, 0.29) is 5.91 Å². The minimum absolute atomic E-state index is 0.156. The molecule has 1 atom stereocenters. The van der Waals surface area contributed by atoms with Crippen molar-refractivity contribution in [3.8, 4) is 0 Å². The second-order valence-electron chi connectivity index (χ2n) is 5.74. The second-order valence-corrected chi connectivity index (χ2v) is 6.99. The molecule has 1 N–H and O–H groups in total. The first kappa shape index (κ1) is 17.2. The van der Waals surface area contributed by atoms with Crippen LogP contribution in [0.5, 0.6) is 0 Å². The van der Waals surface area contributed by atoms with E-state index in [9.17, 15) is 4.79 Å². The molecule has 0 fully saturated rings. The van der Waals surface area contributed by atoms with Gasteiger partial charge in [0, 0.05) is 17.3 Å². The van der Waals surface area contributed by atoms with Crippen molar-refractivity contribution in [3.05, 3.63) is 87.0 Å². The molecule has 0 saturated carbocycles. The normalized spacial score (nSPS) is 15.9. The highest BCUT2D eigenvalue weighted by atomic mass is 35.5. The van der Waals surface area contributed by atoms with Gasteiger partial charge in [-0.15, -0.1) is 0 Å². The van der Waals surface area contributed by atoms with E-state index >= 15 is 0 Å². The minimum Gasteiger partial charge on any atom is -0.359 e. The molecule has 1 aliphatic rings. The second kappa shape index (κ2) is 6.80. The van der Waals surface area contributed by atoms with Gasteiger partial charge in [-0.05, 0) is 30.3 Å². The number of carbonyl (C=O) groups is 1. The Morgan fingerprint density at radius 3 is 2.35 bits per heavy atom. The maximum atomic E-state index is 13.0. The van der Waals surface area contributed by atoms with Gasteiger partial charge in [0.05, 0.1) is 20.8 Å². The van der Waals surface area contributed by atoms with Gasteiger partial charge in [0.1, 0.15) is 12.0 Å². The van der Waals surface area contributed by atoms with E-state index in [1.165, 1.54) is 6.20 Å². The van der Waals surface area contributed by atoms with Crippen molar-refractivity contribution in [1.29, 1.82) is 0 Å². The molecule has 0 unspecified atom stereocenters. The highest BCUT2D eigenvalue weighted by Gasteiger charge is 2.38. The zero-order chi connectivity index (χ0) is 18.3.